The Bertz CT molecular complexity index is 2270. The van der Waals surface area contributed by atoms with E-state index in [1.807, 2.05) is 113 Å². The monoisotopic (exact) mass is 888 g/mol. The highest BCUT2D eigenvalue weighted by Crippen LogP contribution is 2.55. The second kappa shape index (κ2) is 17.1. The minimum Gasteiger partial charge on any atom is -0.542 e. The summed E-state index contributed by atoms with van der Waals surface area (Å²) in [6.45, 7) is 34.3. The first kappa shape index (κ1) is 47.4. The molecule has 1 aliphatic heterocycles. The van der Waals surface area contributed by atoms with Gasteiger partial charge in [0, 0.05) is 11.3 Å². The highest BCUT2D eigenvalue weighted by Gasteiger charge is 2.61. The number of fused-ring (bicyclic) bond motifs is 2. The number of carbonyl (C=O) groups is 2. The van der Waals surface area contributed by atoms with Gasteiger partial charge in [-0.1, -0.05) is 153 Å². The molecule has 1 aliphatic carbocycles. The molecular formula is C52H72N2O5Si3. The van der Waals surface area contributed by atoms with Crippen molar-refractivity contribution in [1.82, 2.24) is 0 Å². The third-order valence-electron chi connectivity index (χ3n) is 14.6. The molecule has 0 unspecified atom stereocenters. The molecule has 0 saturated carbocycles. The van der Waals surface area contributed by atoms with Crippen LogP contribution in [0.5, 0.6) is 5.75 Å². The molecule has 6 rings (SSSR count). The number of benzene rings is 4. The summed E-state index contributed by atoms with van der Waals surface area (Å²) >= 11 is 0. The Hall–Kier alpha value is -4.07. The summed E-state index contributed by atoms with van der Waals surface area (Å²) < 4.78 is 22.0. The lowest BCUT2D eigenvalue weighted by atomic mass is 9.66. The van der Waals surface area contributed by atoms with E-state index in [0.29, 0.717) is 23.6 Å². The molecule has 4 aromatic carbocycles. The fourth-order valence-electron chi connectivity index (χ4n) is 7.76. The molecule has 2 aliphatic rings. The van der Waals surface area contributed by atoms with Gasteiger partial charge < -0.3 is 23.1 Å². The van der Waals surface area contributed by atoms with Crippen LogP contribution in [-0.2, 0) is 36.9 Å². The van der Waals surface area contributed by atoms with E-state index in [9.17, 15) is 0 Å². The van der Waals surface area contributed by atoms with Crippen LogP contribution in [-0.4, -0.2) is 49.0 Å². The van der Waals surface area contributed by atoms with Gasteiger partial charge in [0.25, 0.3) is 14.2 Å². The SMILES string of the molecule is CC(C)(C)[Si](C)(C)Oc1ccccc1N(Cc1ccccc1)C(=O)C1=C[C@@H](O[Si](C)(C)C(C)(C)C)[C@H](O[Si](C)(C)C(C)(C)C)C[C@@]12C(=O)N(Cc1ccccc1)c1ccccc12. The number of carbonyl (C=O) groups excluding carboxylic acids is 2. The summed E-state index contributed by atoms with van der Waals surface area (Å²) in [7, 11) is -7.31. The maximum atomic E-state index is 16.4. The van der Waals surface area contributed by atoms with Gasteiger partial charge in [0.2, 0.25) is 5.91 Å². The molecule has 7 nitrogen and oxygen atoms in total. The summed E-state index contributed by atoms with van der Waals surface area (Å²) in [5.74, 6) is 0.285. The molecule has 0 radical (unpaired) electrons. The minimum absolute atomic E-state index is 0.0833. The second-order valence-corrected chi connectivity index (χ2v) is 36.3. The largest absolute Gasteiger partial charge is 0.542 e. The van der Waals surface area contributed by atoms with Crippen molar-refractivity contribution in [2.75, 3.05) is 9.80 Å². The van der Waals surface area contributed by atoms with Crippen molar-refractivity contribution in [3.05, 3.63) is 138 Å². The van der Waals surface area contributed by atoms with E-state index in [1.165, 1.54) is 0 Å². The zero-order valence-electron chi connectivity index (χ0n) is 40.2. The van der Waals surface area contributed by atoms with Crippen LogP contribution >= 0.6 is 0 Å². The Kier molecular flexibility index (Phi) is 13.1. The number of nitrogens with zero attached hydrogens (tertiary/aromatic N) is 2. The molecule has 0 saturated heterocycles. The van der Waals surface area contributed by atoms with Gasteiger partial charge in [0.05, 0.1) is 31.0 Å². The molecular weight excluding hydrogens is 817 g/mol. The van der Waals surface area contributed by atoms with Crippen LogP contribution in [0.15, 0.2) is 121 Å². The fraction of sp³-hybridized carbons (Fsp3) is 0.462. The molecule has 0 N–H and O–H groups in total. The van der Waals surface area contributed by atoms with Crippen LogP contribution in [0.4, 0.5) is 11.4 Å². The first-order valence-electron chi connectivity index (χ1n) is 22.4. The van der Waals surface area contributed by atoms with Crippen LogP contribution in [0.1, 0.15) is 85.4 Å². The van der Waals surface area contributed by atoms with Gasteiger partial charge in [-0.25, -0.2) is 0 Å². The van der Waals surface area contributed by atoms with Crippen LogP contribution in [0.3, 0.4) is 0 Å². The molecule has 332 valence electrons. The molecule has 3 atom stereocenters. The molecule has 0 bridgehead atoms. The van der Waals surface area contributed by atoms with Crippen molar-refractivity contribution in [2.24, 2.45) is 0 Å². The summed E-state index contributed by atoms with van der Waals surface area (Å²) in [4.78, 5) is 36.2. The van der Waals surface area contributed by atoms with E-state index < -0.39 is 42.6 Å². The van der Waals surface area contributed by atoms with E-state index in [0.717, 1.165) is 22.4 Å². The molecule has 1 heterocycles. The summed E-state index contributed by atoms with van der Waals surface area (Å²) in [5, 5.41) is -0.317. The van der Waals surface area contributed by atoms with Gasteiger partial charge in [0.15, 0.2) is 16.6 Å². The van der Waals surface area contributed by atoms with Gasteiger partial charge in [-0.15, -0.1) is 0 Å². The van der Waals surface area contributed by atoms with Gasteiger partial charge in [-0.2, -0.15) is 0 Å². The van der Waals surface area contributed by atoms with Crippen molar-refractivity contribution < 1.29 is 22.9 Å². The van der Waals surface area contributed by atoms with Crippen molar-refractivity contribution in [1.29, 1.82) is 0 Å². The smallest absolute Gasteiger partial charge is 0.255 e. The predicted molar refractivity (Wildman–Crippen MR) is 264 cm³/mol. The molecule has 4 aromatic rings. The van der Waals surface area contributed by atoms with E-state index in [4.69, 9.17) is 13.3 Å². The first-order valence-corrected chi connectivity index (χ1v) is 31.1. The zero-order chi connectivity index (χ0) is 45.7. The van der Waals surface area contributed by atoms with Crippen LogP contribution in [0, 0.1) is 0 Å². The normalized spacial score (nSPS) is 20.0. The van der Waals surface area contributed by atoms with E-state index >= 15 is 9.59 Å². The number of anilines is 2. The average Bonchev–Trinajstić information content (AvgIpc) is 3.40. The van der Waals surface area contributed by atoms with E-state index in [2.05, 4.69) is 114 Å². The molecule has 2 amide bonds. The Balaban J connectivity index is 1.64. The maximum Gasteiger partial charge on any atom is 0.255 e. The standard InChI is InChI=1S/C52H72N2O5Si3/c1-49(2,3)60(10,11)57-44-33-25-24-32-43(44)53(36-38-26-18-16-19-27-38)47(55)41-34-45(58-61(12,13)50(4,5)6)46(59-62(14,15)51(7,8)9)35-52(41)40-30-22-23-31-42(40)54(48(52)56)37-39-28-20-17-21-29-39/h16-34,45-46H,35-37H2,1-15H3/t45-,46-,52+/m1/s1. The first-order chi connectivity index (χ1) is 28.7. The highest BCUT2D eigenvalue weighted by atomic mass is 28.4. The third kappa shape index (κ3) is 9.27. The molecule has 0 aromatic heterocycles. The van der Waals surface area contributed by atoms with Gasteiger partial charge in [0.1, 0.15) is 11.2 Å². The fourth-order valence-corrected chi connectivity index (χ4v) is 11.4. The van der Waals surface area contributed by atoms with Crippen LogP contribution < -0.4 is 14.2 Å². The number of rotatable bonds is 12. The zero-order valence-corrected chi connectivity index (χ0v) is 43.2. The summed E-state index contributed by atoms with van der Waals surface area (Å²) in [6, 6.07) is 36.2. The van der Waals surface area contributed by atoms with Crippen molar-refractivity contribution in [3.8, 4) is 5.75 Å². The Morgan fingerprint density at radius 3 is 1.74 bits per heavy atom. The summed E-state index contributed by atoms with van der Waals surface area (Å²) in [6.07, 6.45) is 1.21. The number of hydrogen-bond donors (Lipinski definition) is 0. The molecule has 62 heavy (non-hydrogen) atoms. The number of hydrogen-bond acceptors (Lipinski definition) is 5. The number of amides is 2. The topological polar surface area (TPSA) is 68.3 Å². The molecule has 10 heteroatoms. The average molecular weight is 889 g/mol. The Morgan fingerprint density at radius 1 is 0.661 bits per heavy atom. The Morgan fingerprint density at radius 2 is 1.16 bits per heavy atom. The molecule has 1 spiro atoms. The van der Waals surface area contributed by atoms with Gasteiger partial charge >= 0.3 is 0 Å². The quantitative estimate of drug-likeness (QED) is 0.133. The third-order valence-corrected chi connectivity index (χ3v) is 27.9. The van der Waals surface area contributed by atoms with Crippen LogP contribution in [0.2, 0.25) is 54.4 Å². The Labute approximate surface area is 376 Å². The van der Waals surface area contributed by atoms with E-state index in [1.54, 1.807) is 0 Å². The maximum absolute atomic E-state index is 16.4. The van der Waals surface area contributed by atoms with Crippen molar-refractivity contribution >= 4 is 48.1 Å². The van der Waals surface area contributed by atoms with Crippen LogP contribution in [0.25, 0.3) is 0 Å². The lowest BCUT2D eigenvalue weighted by molar-refractivity contribution is -0.127. The van der Waals surface area contributed by atoms with Crippen molar-refractivity contribution in [2.45, 2.75) is 154 Å². The minimum atomic E-state index is -2.47. The van der Waals surface area contributed by atoms with E-state index in [-0.39, 0.29) is 39.9 Å². The van der Waals surface area contributed by atoms with Crippen molar-refractivity contribution in [3.63, 3.8) is 0 Å². The number of para-hydroxylation sites is 3. The van der Waals surface area contributed by atoms with Gasteiger partial charge in [-0.05, 0) is 102 Å². The predicted octanol–water partition coefficient (Wildman–Crippen LogP) is 13.2. The molecule has 0 fully saturated rings. The highest BCUT2D eigenvalue weighted by molar-refractivity contribution is 6.75. The lowest BCUT2D eigenvalue weighted by Crippen LogP contribution is -2.58. The summed E-state index contributed by atoms with van der Waals surface area (Å²) in [5.41, 5.74) is 3.33. The van der Waals surface area contributed by atoms with Gasteiger partial charge in [-0.3, -0.25) is 9.59 Å². The lowest BCUT2D eigenvalue weighted by Gasteiger charge is -2.49. The second-order valence-electron chi connectivity index (χ2n) is 22.1.